The minimum Gasteiger partial charge on any atom is -0.311 e. The van der Waals surface area contributed by atoms with Gasteiger partial charge in [0.2, 0.25) is 0 Å². The lowest BCUT2D eigenvalue weighted by atomic mass is 10.1. The zero-order valence-corrected chi connectivity index (χ0v) is 11.2. The van der Waals surface area contributed by atoms with E-state index in [9.17, 15) is 0 Å². The Kier molecular flexibility index (Phi) is 3.59. The molecular formula is C13H23N5. The molecule has 0 spiro atoms. The quantitative estimate of drug-likeness (QED) is 0.860. The zero-order valence-electron chi connectivity index (χ0n) is 11.2. The lowest BCUT2D eigenvalue weighted by molar-refractivity contribution is 0.374. The van der Waals surface area contributed by atoms with E-state index >= 15 is 0 Å². The molecule has 1 saturated carbocycles. The summed E-state index contributed by atoms with van der Waals surface area (Å²) in [6.45, 7) is 3.28. The fourth-order valence-electron chi connectivity index (χ4n) is 2.85. The van der Waals surface area contributed by atoms with Crippen molar-refractivity contribution in [3.05, 3.63) is 5.82 Å². The summed E-state index contributed by atoms with van der Waals surface area (Å²) in [5, 5.41) is 15.6. The average Bonchev–Trinajstić information content (AvgIpc) is 3.12. The predicted octanol–water partition coefficient (Wildman–Crippen LogP) is 1.55. The van der Waals surface area contributed by atoms with Gasteiger partial charge in [0.25, 0.3) is 0 Å². The summed E-state index contributed by atoms with van der Waals surface area (Å²) >= 11 is 0. The smallest absolute Gasteiger partial charge is 0.151 e. The molecule has 0 amide bonds. The second kappa shape index (κ2) is 5.34. The van der Waals surface area contributed by atoms with Gasteiger partial charge in [-0.1, -0.05) is 12.8 Å². The molecule has 0 radical (unpaired) electrons. The highest BCUT2D eigenvalue weighted by atomic mass is 15.5. The van der Waals surface area contributed by atoms with Crippen molar-refractivity contribution in [1.82, 2.24) is 25.5 Å². The molecule has 0 saturated heterocycles. The van der Waals surface area contributed by atoms with Gasteiger partial charge in [0.05, 0.1) is 0 Å². The van der Waals surface area contributed by atoms with Crippen molar-refractivity contribution in [1.29, 1.82) is 0 Å². The van der Waals surface area contributed by atoms with Crippen molar-refractivity contribution in [3.63, 3.8) is 0 Å². The largest absolute Gasteiger partial charge is 0.311 e. The first-order valence-electron chi connectivity index (χ1n) is 7.32. The predicted molar refractivity (Wildman–Crippen MR) is 69.1 cm³/mol. The van der Waals surface area contributed by atoms with Crippen LogP contribution in [0.5, 0.6) is 0 Å². The Balaban J connectivity index is 1.44. The molecule has 2 aliphatic rings. The Morgan fingerprint density at radius 1 is 1.33 bits per heavy atom. The number of nitrogens with one attached hydrogen (secondary N) is 1. The van der Waals surface area contributed by atoms with E-state index in [-0.39, 0.29) is 0 Å². The summed E-state index contributed by atoms with van der Waals surface area (Å²) in [6.07, 6.45) is 8.98. The molecule has 1 aromatic rings. The van der Waals surface area contributed by atoms with Gasteiger partial charge in [-0.25, -0.2) is 4.68 Å². The SMILES string of the molecule is CC(CCC1CC1)NC1CCc2nnnn2CC1. The van der Waals surface area contributed by atoms with Crippen LogP contribution >= 0.6 is 0 Å². The minimum absolute atomic E-state index is 0.614. The summed E-state index contributed by atoms with van der Waals surface area (Å²) < 4.78 is 1.95. The van der Waals surface area contributed by atoms with Crippen LogP contribution in [0.15, 0.2) is 0 Å². The molecule has 2 unspecified atom stereocenters. The van der Waals surface area contributed by atoms with E-state index in [1.807, 2.05) is 4.68 Å². The second-order valence-corrected chi connectivity index (χ2v) is 5.93. The molecule has 3 rings (SSSR count). The van der Waals surface area contributed by atoms with Gasteiger partial charge in [-0.15, -0.1) is 5.10 Å². The fourth-order valence-corrected chi connectivity index (χ4v) is 2.85. The van der Waals surface area contributed by atoms with Crippen molar-refractivity contribution in [2.75, 3.05) is 0 Å². The van der Waals surface area contributed by atoms with Gasteiger partial charge in [-0.05, 0) is 49.0 Å². The van der Waals surface area contributed by atoms with Gasteiger partial charge in [-0.3, -0.25) is 0 Å². The van der Waals surface area contributed by atoms with Crippen LogP contribution in [0.4, 0.5) is 0 Å². The molecular weight excluding hydrogens is 226 g/mol. The van der Waals surface area contributed by atoms with Gasteiger partial charge in [0, 0.05) is 25.0 Å². The molecule has 1 aromatic heterocycles. The number of rotatable bonds is 5. The number of aryl methyl sites for hydroxylation is 2. The zero-order chi connectivity index (χ0) is 12.4. The summed E-state index contributed by atoms with van der Waals surface area (Å²) in [5.74, 6) is 2.09. The first-order chi connectivity index (χ1) is 8.81. The van der Waals surface area contributed by atoms with Crippen LogP contribution in [0.2, 0.25) is 0 Å². The van der Waals surface area contributed by atoms with E-state index < -0.39 is 0 Å². The average molecular weight is 249 g/mol. The van der Waals surface area contributed by atoms with E-state index in [1.54, 1.807) is 0 Å². The van der Waals surface area contributed by atoms with Crippen LogP contribution in [0, 0.1) is 5.92 Å². The fraction of sp³-hybridized carbons (Fsp3) is 0.923. The van der Waals surface area contributed by atoms with E-state index in [1.165, 1.54) is 25.7 Å². The summed E-state index contributed by atoms with van der Waals surface area (Å²) in [5.41, 5.74) is 0. The van der Waals surface area contributed by atoms with Gasteiger partial charge in [-0.2, -0.15) is 0 Å². The minimum atomic E-state index is 0.614. The van der Waals surface area contributed by atoms with Crippen LogP contribution in [0.3, 0.4) is 0 Å². The standard InChI is InChI=1S/C13H23N5/c1-10(2-3-11-4-5-11)14-12-6-7-13-15-16-17-18(13)9-8-12/h10-12,14H,2-9H2,1H3. The van der Waals surface area contributed by atoms with Crippen molar-refractivity contribution in [2.24, 2.45) is 5.92 Å². The Labute approximate surface area is 108 Å². The number of nitrogens with zero attached hydrogens (tertiary/aromatic N) is 4. The monoisotopic (exact) mass is 249 g/mol. The van der Waals surface area contributed by atoms with E-state index in [0.717, 1.165) is 37.5 Å². The number of aromatic nitrogens is 4. The van der Waals surface area contributed by atoms with Crippen molar-refractivity contribution >= 4 is 0 Å². The van der Waals surface area contributed by atoms with Crippen molar-refractivity contribution in [2.45, 2.75) is 70.5 Å². The molecule has 1 aliphatic carbocycles. The highest BCUT2D eigenvalue weighted by Crippen LogP contribution is 2.33. The summed E-state index contributed by atoms with van der Waals surface area (Å²) in [6, 6.07) is 1.26. The maximum atomic E-state index is 4.07. The highest BCUT2D eigenvalue weighted by Gasteiger charge is 2.23. The highest BCUT2D eigenvalue weighted by molar-refractivity contribution is 4.88. The maximum absolute atomic E-state index is 4.07. The molecule has 5 heteroatoms. The molecule has 100 valence electrons. The van der Waals surface area contributed by atoms with Crippen LogP contribution in [-0.2, 0) is 13.0 Å². The third kappa shape index (κ3) is 3.07. The molecule has 2 atom stereocenters. The Bertz CT molecular complexity index is 362. The van der Waals surface area contributed by atoms with Crippen molar-refractivity contribution < 1.29 is 0 Å². The van der Waals surface area contributed by atoms with E-state index in [0.29, 0.717) is 12.1 Å². The van der Waals surface area contributed by atoms with Crippen LogP contribution < -0.4 is 5.32 Å². The van der Waals surface area contributed by atoms with Gasteiger partial charge in [0.1, 0.15) is 0 Å². The van der Waals surface area contributed by atoms with Crippen LogP contribution in [0.25, 0.3) is 0 Å². The number of hydrogen-bond donors (Lipinski definition) is 1. The topological polar surface area (TPSA) is 55.6 Å². The Morgan fingerprint density at radius 3 is 3.06 bits per heavy atom. The number of hydrogen-bond acceptors (Lipinski definition) is 4. The second-order valence-electron chi connectivity index (χ2n) is 5.93. The van der Waals surface area contributed by atoms with E-state index in [2.05, 4.69) is 27.8 Å². The molecule has 0 aromatic carbocycles. The lowest BCUT2D eigenvalue weighted by Gasteiger charge is -2.21. The maximum Gasteiger partial charge on any atom is 0.151 e. The molecule has 18 heavy (non-hydrogen) atoms. The Morgan fingerprint density at radius 2 is 2.22 bits per heavy atom. The van der Waals surface area contributed by atoms with E-state index in [4.69, 9.17) is 0 Å². The van der Waals surface area contributed by atoms with Crippen LogP contribution in [0.1, 0.15) is 51.3 Å². The molecule has 1 fully saturated rings. The first-order valence-corrected chi connectivity index (χ1v) is 7.32. The van der Waals surface area contributed by atoms with Gasteiger partial charge in [0.15, 0.2) is 5.82 Å². The lowest BCUT2D eigenvalue weighted by Crippen LogP contribution is -2.37. The third-order valence-electron chi connectivity index (χ3n) is 4.24. The van der Waals surface area contributed by atoms with Gasteiger partial charge >= 0.3 is 0 Å². The summed E-state index contributed by atoms with van der Waals surface area (Å²) in [4.78, 5) is 0. The van der Waals surface area contributed by atoms with Crippen LogP contribution in [-0.4, -0.2) is 32.3 Å². The molecule has 1 N–H and O–H groups in total. The number of tetrazole rings is 1. The third-order valence-corrected chi connectivity index (χ3v) is 4.24. The van der Waals surface area contributed by atoms with Crippen molar-refractivity contribution in [3.8, 4) is 0 Å². The Hall–Kier alpha value is -0.970. The number of fused-ring (bicyclic) bond motifs is 1. The molecule has 5 nitrogen and oxygen atoms in total. The molecule has 2 heterocycles. The molecule has 1 aliphatic heterocycles. The normalized spacial score (nSPS) is 25.5. The molecule has 0 bridgehead atoms. The van der Waals surface area contributed by atoms with Gasteiger partial charge < -0.3 is 5.32 Å². The first kappa shape index (κ1) is 12.1. The summed E-state index contributed by atoms with van der Waals surface area (Å²) in [7, 11) is 0.